The van der Waals surface area contributed by atoms with Crippen molar-refractivity contribution in [3.63, 3.8) is 0 Å². The van der Waals surface area contributed by atoms with Gasteiger partial charge < -0.3 is 14.8 Å². The Kier molecular flexibility index (Phi) is 5.99. The molecule has 5 heteroatoms. The van der Waals surface area contributed by atoms with Gasteiger partial charge in [0.25, 0.3) is 5.91 Å². The summed E-state index contributed by atoms with van der Waals surface area (Å²) in [5.74, 6) is 1.18. The van der Waals surface area contributed by atoms with Crippen molar-refractivity contribution in [1.29, 1.82) is 0 Å². The predicted octanol–water partition coefficient (Wildman–Crippen LogP) is 5.49. The molecule has 0 unspecified atom stereocenters. The van der Waals surface area contributed by atoms with Crippen molar-refractivity contribution >= 4 is 23.2 Å². The quantitative estimate of drug-likeness (QED) is 0.614. The Morgan fingerprint density at radius 1 is 1.04 bits per heavy atom. The average Bonchev–Trinajstić information content (AvgIpc) is 2.68. The van der Waals surface area contributed by atoms with Gasteiger partial charge >= 0.3 is 0 Å². The van der Waals surface area contributed by atoms with Gasteiger partial charge in [0.05, 0.1) is 17.8 Å². The molecule has 0 spiro atoms. The molecule has 0 aromatic heterocycles. The van der Waals surface area contributed by atoms with Crippen molar-refractivity contribution in [3.05, 3.63) is 88.4 Å². The van der Waals surface area contributed by atoms with Gasteiger partial charge in [0.15, 0.2) is 0 Å². The summed E-state index contributed by atoms with van der Waals surface area (Å²) in [7, 11) is 1.59. The second kappa shape index (κ2) is 8.60. The highest BCUT2D eigenvalue weighted by Gasteiger charge is 2.12. The topological polar surface area (TPSA) is 47.6 Å². The second-order valence-electron chi connectivity index (χ2n) is 6.07. The molecular weight excluding hydrogens is 362 g/mol. The number of benzene rings is 3. The number of aryl methyl sites for hydroxylation is 1. The monoisotopic (exact) mass is 381 g/mol. The summed E-state index contributed by atoms with van der Waals surface area (Å²) in [6.45, 7) is 2.30. The Bertz CT molecular complexity index is 956. The Morgan fingerprint density at radius 3 is 2.59 bits per heavy atom. The standard InChI is InChI=1S/C22H20ClNO3/c1-15-6-5-7-18(12-15)27-14-17-13-16(10-11-21(17)26-2)22(25)24-20-9-4-3-8-19(20)23/h3-13H,14H2,1-2H3,(H,24,25). The lowest BCUT2D eigenvalue weighted by Crippen LogP contribution is -2.13. The highest BCUT2D eigenvalue weighted by atomic mass is 35.5. The Hall–Kier alpha value is -2.98. The summed E-state index contributed by atoms with van der Waals surface area (Å²) in [5.41, 5.74) is 2.97. The summed E-state index contributed by atoms with van der Waals surface area (Å²) in [6, 6.07) is 20.1. The minimum Gasteiger partial charge on any atom is -0.496 e. The first kappa shape index (κ1) is 18.8. The van der Waals surface area contributed by atoms with Crippen LogP contribution in [0.15, 0.2) is 66.7 Å². The zero-order valence-corrected chi connectivity index (χ0v) is 15.9. The van der Waals surface area contributed by atoms with Crippen molar-refractivity contribution in [2.75, 3.05) is 12.4 Å². The number of carbonyl (C=O) groups is 1. The van der Waals surface area contributed by atoms with Gasteiger partial charge in [0.2, 0.25) is 0 Å². The van der Waals surface area contributed by atoms with Gasteiger partial charge in [-0.15, -0.1) is 0 Å². The van der Waals surface area contributed by atoms with Crippen LogP contribution in [0.25, 0.3) is 0 Å². The van der Waals surface area contributed by atoms with Crippen LogP contribution in [0, 0.1) is 6.92 Å². The van der Waals surface area contributed by atoms with E-state index < -0.39 is 0 Å². The number of rotatable bonds is 6. The lowest BCUT2D eigenvalue weighted by Gasteiger charge is -2.13. The number of hydrogen-bond donors (Lipinski definition) is 1. The second-order valence-corrected chi connectivity index (χ2v) is 6.47. The highest BCUT2D eigenvalue weighted by Crippen LogP contribution is 2.25. The van der Waals surface area contributed by atoms with Crippen LogP contribution in [0.1, 0.15) is 21.5 Å². The fraction of sp³-hybridized carbons (Fsp3) is 0.136. The molecule has 0 aliphatic rings. The van der Waals surface area contributed by atoms with Crippen LogP contribution in [0.4, 0.5) is 5.69 Å². The maximum absolute atomic E-state index is 12.6. The first-order chi connectivity index (χ1) is 13.1. The summed E-state index contributed by atoms with van der Waals surface area (Å²) < 4.78 is 11.3. The minimum absolute atomic E-state index is 0.248. The normalized spacial score (nSPS) is 10.3. The molecule has 0 fully saturated rings. The van der Waals surface area contributed by atoms with Crippen LogP contribution in [-0.2, 0) is 6.61 Å². The maximum Gasteiger partial charge on any atom is 0.255 e. The number of methoxy groups -OCH3 is 1. The number of amides is 1. The van der Waals surface area contributed by atoms with E-state index in [-0.39, 0.29) is 5.91 Å². The first-order valence-electron chi connectivity index (χ1n) is 8.49. The lowest BCUT2D eigenvalue weighted by molar-refractivity contribution is 0.102. The fourth-order valence-electron chi connectivity index (χ4n) is 2.66. The van der Waals surface area contributed by atoms with Crippen LogP contribution in [0.2, 0.25) is 5.02 Å². The first-order valence-corrected chi connectivity index (χ1v) is 8.87. The molecule has 0 saturated carbocycles. The molecule has 1 N–H and O–H groups in total. The highest BCUT2D eigenvalue weighted by molar-refractivity contribution is 6.33. The van der Waals surface area contributed by atoms with Crippen molar-refractivity contribution in [2.45, 2.75) is 13.5 Å². The molecule has 1 amide bonds. The summed E-state index contributed by atoms with van der Waals surface area (Å²) >= 11 is 6.11. The van der Waals surface area contributed by atoms with Crippen LogP contribution in [0.3, 0.4) is 0 Å². The van der Waals surface area contributed by atoms with Gasteiger partial charge in [-0.3, -0.25) is 4.79 Å². The van der Waals surface area contributed by atoms with E-state index >= 15 is 0 Å². The number of hydrogen-bond acceptors (Lipinski definition) is 3. The number of para-hydroxylation sites is 1. The van der Waals surface area contributed by atoms with Gasteiger partial charge in [-0.05, 0) is 55.0 Å². The van der Waals surface area contributed by atoms with E-state index in [1.54, 1.807) is 37.4 Å². The lowest BCUT2D eigenvalue weighted by atomic mass is 10.1. The maximum atomic E-state index is 12.6. The Morgan fingerprint density at radius 2 is 1.85 bits per heavy atom. The molecule has 3 aromatic rings. The van der Waals surface area contributed by atoms with E-state index in [0.29, 0.717) is 28.6 Å². The molecule has 0 bridgehead atoms. The van der Waals surface area contributed by atoms with Gasteiger partial charge in [-0.1, -0.05) is 35.9 Å². The fourth-order valence-corrected chi connectivity index (χ4v) is 2.84. The van der Waals surface area contributed by atoms with E-state index in [1.807, 2.05) is 43.3 Å². The molecule has 4 nitrogen and oxygen atoms in total. The predicted molar refractivity (Wildman–Crippen MR) is 108 cm³/mol. The molecule has 0 atom stereocenters. The molecule has 0 aliphatic carbocycles. The van der Waals surface area contributed by atoms with Crippen LogP contribution in [-0.4, -0.2) is 13.0 Å². The van der Waals surface area contributed by atoms with E-state index in [4.69, 9.17) is 21.1 Å². The van der Waals surface area contributed by atoms with Crippen molar-refractivity contribution in [1.82, 2.24) is 0 Å². The number of carbonyl (C=O) groups excluding carboxylic acids is 1. The number of ether oxygens (including phenoxy) is 2. The number of nitrogens with one attached hydrogen (secondary N) is 1. The number of anilines is 1. The zero-order chi connectivity index (χ0) is 19.2. The van der Waals surface area contributed by atoms with Crippen LogP contribution in [0.5, 0.6) is 11.5 Å². The molecule has 3 rings (SSSR count). The number of halogens is 1. The van der Waals surface area contributed by atoms with Crippen LogP contribution < -0.4 is 14.8 Å². The summed E-state index contributed by atoms with van der Waals surface area (Å²) in [5, 5.41) is 3.31. The third-order valence-electron chi connectivity index (χ3n) is 4.05. The Labute approximate surface area is 163 Å². The zero-order valence-electron chi connectivity index (χ0n) is 15.2. The third kappa shape index (κ3) is 4.80. The molecule has 0 heterocycles. The van der Waals surface area contributed by atoms with Crippen molar-refractivity contribution in [3.8, 4) is 11.5 Å². The molecule has 0 saturated heterocycles. The third-order valence-corrected chi connectivity index (χ3v) is 4.38. The van der Waals surface area contributed by atoms with Gasteiger partial charge in [0.1, 0.15) is 18.1 Å². The average molecular weight is 382 g/mol. The van der Waals surface area contributed by atoms with Crippen molar-refractivity contribution in [2.24, 2.45) is 0 Å². The molecule has 0 aliphatic heterocycles. The largest absolute Gasteiger partial charge is 0.496 e. The molecule has 0 radical (unpaired) electrons. The Balaban J connectivity index is 1.78. The summed E-state index contributed by atoms with van der Waals surface area (Å²) in [4.78, 5) is 12.6. The molecule has 3 aromatic carbocycles. The SMILES string of the molecule is COc1ccc(C(=O)Nc2ccccc2Cl)cc1COc1cccc(C)c1. The molecule has 138 valence electrons. The smallest absolute Gasteiger partial charge is 0.255 e. The van der Waals surface area contributed by atoms with E-state index in [1.165, 1.54) is 0 Å². The summed E-state index contributed by atoms with van der Waals surface area (Å²) in [6.07, 6.45) is 0. The minimum atomic E-state index is -0.248. The van der Waals surface area contributed by atoms with E-state index in [9.17, 15) is 4.79 Å². The van der Waals surface area contributed by atoms with Gasteiger partial charge in [0, 0.05) is 11.1 Å². The van der Waals surface area contributed by atoms with E-state index in [2.05, 4.69) is 5.32 Å². The van der Waals surface area contributed by atoms with Gasteiger partial charge in [-0.25, -0.2) is 0 Å². The van der Waals surface area contributed by atoms with E-state index in [0.717, 1.165) is 16.9 Å². The molecule has 27 heavy (non-hydrogen) atoms. The van der Waals surface area contributed by atoms with Crippen molar-refractivity contribution < 1.29 is 14.3 Å². The van der Waals surface area contributed by atoms with Gasteiger partial charge in [-0.2, -0.15) is 0 Å². The molecular formula is C22H20ClNO3. The van der Waals surface area contributed by atoms with Crippen LogP contribution >= 0.6 is 11.6 Å².